The van der Waals surface area contributed by atoms with Crippen molar-refractivity contribution in [1.29, 1.82) is 0 Å². The van der Waals surface area contributed by atoms with Gasteiger partial charge in [0.2, 0.25) is 0 Å². The van der Waals surface area contributed by atoms with E-state index in [0.29, 0.717) is 0 Å². The SMILES string of the molecule is COCCc1ccc(OCCNC2CC2)cc1. The quantitative estimate of drug-likeness (QED) is 0.699. The Morgan fingerprint density at radius 1 is 1.18 bits per heavy atom. The Labute approximate surface area is 103 Å². The third-order valence-electron chi connectivity index (χ3n) is 2.90. The molecule has 0 bridgehead atoms. The predicted molar refractivity (Wildman–Crippen MR) is 68.5 cm³/mol. The number of methoxy groups -OCH3 is 1. The number of rotatable bonds is 8. The number of nitrogens with one attached hydrogen (secondary N) is 1. The van der Waals surface area contributed by atoms with E-state index in [9.17, 15) is 0 Å². The first kappa shape index (κ1) is 12.4. The molecule has 1 N–H and O–H groups in total. The molecular weight excluding hydrogens is 214 g/mol. The van der Waals surface area contributed by atoms with Crippen molar-refractivity contribution in [3.8, 4) is 5.75 Å². The highest BCUT2D eigenvalue weighted by atomic mass is 16.5. The maximum Gasteiger partial charge on any atom is 0.119 e. The van der Waals surface area contributed by atoms with E-state index in [0.717, 1.165) is 38.0 Å². The Bertz CT molecular complexity index is 319. The van der Waals surface area contributed by atoms with E-state index < -0.39 is 0 Å². The van der Waals surface area contributed by atoms with Gasteiger partial charge in [-0.05, 0) is 37.0 Å². The lowest BCUT2D eigenvalue weighted by atomic mass is 10.1. The fraction of sp³-hybridized carbons (Fsp3) is 0.571. The summed E-state index contributed by atoms with van der Waals surface area (Å²) in [5, 5.41) is 3.42. The highest BCUT2D eigenvalue weighted by molar-refractivity contribution is 5.27. The molecule has 1 aliphatic carbocycles. The van der Waals surface area contributed by atoms with Gasteiger partial charge in [0.15, 0.2) is 0 Å². The lowest BCUT2D eigenvalue weighted by Crippen LogP contribution is -2.22. The van der Waals surface area contributed by atoms with E-state index in [1.165, 1.54) is 18.4 Å². The van der Waals surface area contributed by atoms with Crippen molar-refractivity contribution in [1.82, 2.24) is 5.32 Å². The smallest absolute Gasteiger partial charge is 0.119 e. The predicted octanol–water partition coefficient (Wildman–Crippen LogP) is 2.01. The molecule has 0 amide bonds. The number of benzene rings is 1. The normalized spacial score (nSPS) is 14.9. The largest absolute Gasteiger partial charge is 0.492 e. The summed E-state index contributed by atoms with van der Waals surface area (Å²) in [6, 6.07) is 9.02. The summed E-state index contributed by atoms with van der Waals surface area (Å²) < 4.78 is 10.7. The summed E-state index contributed by atoms with van der Waals surface area (Å²) in [5.74, 6) is 0.948. The van der Waals surface area contributed by atoms with Crippen LogP contribution in [0.4, 0.5) is 0 Å². The molecule has 2 rings (SSSR count). The zero-order valence-corrected chi connectivity index (χ0v) is 10.4. The van der Waals surface area contributed by atoms with E-state index in [-0.39, 0.29) is 0 Å². The van der Waals surface area contributed by atoms with E-state index in [1.807, 2.05) is 12.1 Å². The van der Waals surface area contributed by atoms with Gasteiger partial charge in [0, 0.05) is 19.7 Å². The van der Waals surface area contributed by atoms with Crippen molar-refractivity contribution in [2.75, 3.05) is 26.9 Å². The molecule has 17 heavy (non-hydrogen) atoms. The summed E-state index contributed by atoms with van der Waals surface area (Å²) >= 11 is 0. The van der Waals surface area contributed by atoms with E-state index >= 15 is 0 Å². The van der Waals surface area contributed by atoms with Crippen LogP contribution in [0.2, 0.25) is 0 Å². The summed E-state index contributed by atoms with van der Waals surface area (Å²) in [5.41, 5.74) is 1.29. The maximum atomic E-state index is 5.65. The first-order valence-corrected chi connectivity index (χ1v) is 6.32. The number of ether oxygens (including phenoxy) is 2. The highest BCUT2D eigenvalue weighted by Gasteiger charge is 2.19. The van der Waals surface area contributed by atoms with Crippen LogP contribution in [-0.2, 0) is 11.2 Å². The highest BCUT2D eigenvalue weighted by Crippen LogP contribution is 2.18. The van der Waals surface area contributed by atoms with Crippen LogP contribution in [0, 0.1) is 0 Å². The van der Waals surface area contributed by atoms with Crippen molar-refractivity contribution in [2.24, 2.45) is 0 Å². The molecule has 0 aliphatic heterocycles. The van der Waals surface area contributed by atoms with Gasteiger partial charge in [-0.1, -0.05) is 12.1 Å². The van der Waals surface area contributed by atoms with Crippen LogP contribution in [0.5, 0.6) is 5.75 Å². The number of hydrogen-bond donors (Lipinski definition) is 1. The van der Waals surface area contributed by atoms with Gasteiger partial charge in [-0.3, -0.25) is 0 Å². The van der Waals surface area contributed by atoms with Gasteiger partial charge in [-0.25, -0.2) is 0 Å². The average Bonchev–Trinajstić information content (AvgIpc) is 3.18. The molecule has 1 aromatic carbocycles. The Hall–Kier alpha value is -1.06. The molecule has 0 spiro atoms. The molecule has 1 aliphatic rings. The van der Waals surface area contributed by atoms with Crippen molar-refractivity contribution >= 4 is 0 Å². The topological polar surface area (TPSA) is 30.5 Å². The molecule has 1 fully saturated rings. The Morgan fingerprint density at radius 2 is 1.94 bits per heavy atom. The average molecular weight is 235 g/mol. The molecule has 1 saturated carbocycles. The monoisotopic (exact) mass is 235 g/mol. The summed E-state index contributed by atoms with van der Waals surface area (Å²) in [7, 11) is 1.73. The molecule has 0 heterocycles. The lowest BCUT2D eigenvalue weighted by molar-refractivity contribution is 0.202. The van der Waals surface area contributed by atoms with Crippen molar-refractivity contribution in [2.45, 2.75) is 25.3 Å². The second-order valence-electron chi connectivity index (χ2n) is 4.46. The molecule has 0 saturated heterocycles. The summed E-state index contributed by atoms with van der Waals surface area (Å²) in [6.45, 7) is 2.45. The fourth-order valence-corrected chi connectivity index (χ4v) is 1.69. The minimum atomic E-state index is 0.744. The Morgan fingerprint density at radius 3 is 2.59 bits per heavy atom. The minimum absolute atomic E-state index is 0.744. The van der Waals surface area contributed by atoms with Crippen LogP contribution < -0.4 is 10.1 Å². The van der Waals surface area contributed by atoms with Crippen molar-refractivity contribution < 1.29 is 9.47 Å². The van der Waals surface area contributed by atoms with Crippen LogP contribution in [-0.4, -0.2) is 32.9 Å². The molecule has 3 heteroatoms. The van der Waals surface area contributed by atoms with Gasteiger partial charge in [0.05, 0.1) is 6.61 Å². The minimum Gasteiger partial charge on any atom is -0.492 e. The third kappa shape index (κ3) is 4.75. The molecule has 0 atom stereocenters. The van der Waals surface area contributed by atoms with Gasteiger partial charge >= 0.3 is 0 Å². The lowest BCUT2D eigenvalue weighted by Gasteiger charge is -2.07. The zero-order valence-electron chi connectivity index (χ0n) is 10.4. The molecule has 1 aromatic rings. The standard InChI is InChI=1S/C14H21NO2/c1-16-10-8-12-2-6-14(7-3-12)17-11-9-15-13-4-5-13/h2-3,6-7,13,15H,4-5,8-11H2,1H3. The second-order valence-corrected chi connectivity index (χ2v) is 4.46. The first-order chi connectivity index (χ1) is 8.38. The van der Waals surface area contributed by atoms with Crippen LogP contribution in [0.25, 0.3) is 0 Å². The second kappa shape index (κ2) is 6.62. The molecular formula is C14H21NO2. The molecule has 0 unspecified atom stereocenters. The number of hydrogen-bond acceptors (Lipinski definition) is 3. The van der Waals surface area contributed by atoms with Crippen molar-refractivity contribution in [3.05, 3.63) is 29.8 Å². The van der Waals surface area contributed by atoms with E-state index in [2.05, 4.69) is 17.4 Å². The Kier molecular flexibility index (Phi) is 4.83. The van der Waals surface area contributed by atoms with Crippen molar-refractivity contribution in [3.63, 3.8) is 0 Å². The summed E-state index contributed by atoms with van der Waals surface area (Å²) in [4.78, 5) is 0. The zero-order chi connectivity index (χ0) is 11.9. The Balaban J connectivity index is 1.65. The van der Waals surface area contributed by atoms with Crippen LogP contribution in [0.3, 0.4) is 0 Å². The van der Waals surface area contributed by atoms with Gasteiger partial charge in [0.1, 0.15) is 12.4 Å². The van der Waals surface area contributed by atoms with E-state index in [4.69, 9.17) is 9.47 Å². The van der Waals surface area contributed by atoms with E-state index in [1.54, 1.807) is 7.11 Å². The third-order valence-corrected chi connectivity index (χ3v) is 2.90. The van der Waals surface area contributed by atoms with Gasteiger partial charge in [-0.2, -0.15) is 0 Å². The van der Waals surface area contributed by atoms with Gasteiger partial charge in [0.25, 0.3) is 0 Å². The van der Waals surface area contributed by atoms with Gasteiger partial charge in [-0.15, -0.1) is 0 Å². The molecule has 94 valence electrons. The maximum absolute atomic E-state index is 5.65. The van der Waals surface area contributed by atoms with Crippen LogP contribution in [0.1, 0.15) is 18.4 Å². The molecule has 0 aromatic heterocycles. The van der Waals surface area contributed by atoms with Gasteiger partial charge < -0.3 is 14.8 Å². The fourth-order valence-electron chi connectivity index (χ4n) is 1.69. The molecule has 0 radical (unpaired) electrons. The van der Waals surface area contributed by atoms with Crippen LogP contribution in [0.15, 0.2) is 24.3 Å². The van der Waals surface area contributed by atoms with Crippen LogP contribution >= 0.6 is 0 Å². The first-order valence-electron chi connectivity index (χ1n) is 6.32. The summed E-state index contributed by atoms with van der Waals surface area (Å²) in [6.07, 6.45) is 3.61. The molecule has 3 nitrogen and oxygen atoms in total.